The van der Waals surface area contributed by atoms with Crippen molar-refractivity contribution in [2.75, 3.05) is 19.0 Å². The monoisotopic (exact) mass is 473 g/mol. The van der Waals surface area contributed by atoms with Gasteiger partial charge < -0.3 is 19.5 Å². The minimum Gasteiger partial charge on any atom is -0.496 e. The molecule has 3 rings (SSSR count). The number of ether oxygens (including phenoxy) is 3. The van der Waals surface area contributed by atoms with E-state index in [-0.39, 0.29) is 29.3 Å². The molecule has 10 heteroatoms. The molecule has 0 saturated carbocycles. The predicted octanol–water partition coefficient (Wildman–Crippen LogP) is 5.55. The number of para-hydroxylation sites is 1. The number of thiocarbonyl (C=S) groups is 1. The maximum Gasteiger partial charge on any atom is 0.419 e. The van der Waals surface area contributed by atoms with Crippen molar-refractivity contribution in [3.05, 3.63) is 58.1 Å². The van der Waals surface area contributed by atoms with Crippen LogP contribution in [-0.2, 0) is 20.4 Å². The number of nitrogens with one attached hydrogen (secondary N) is 1. The van der Waals surface area contributed by atoms with Crippen LogP contribution in [0.3, 0.4) is 0 Å². The largest absolute Gasteiger partial charge is 0.496 e. The molecule has 1 heterocycles. The number of esters is 1. The van der Waals surface area contributed by atoms with Crippen molar-refractivity contribution in [1.29, 1.82) is 0 Å². The van der Waals surface area contributed by atoms with Crippen LogP contribution in [0.1, 0.15) is 36.1 Å². The number of halogens is 4. The van der Waals surface area contributed by atoms with E-state index in [1.54, 1.807) is 25.1 Å². The molecule has 0 aliphatic carbocycles. The van der Waals surface area contributed by atoms with E-state index in [9.17, 15) is 18.0 Å². The number of alkyl halides is 3. The maximum atomic E-state index is 13.6. The number of fused-ring (bicyclic) bond motifs is 1. The average Bonchev–Trinajstić information content (AvgIpc) is 2.83. The number of carbonyl (C=O) groups is 1. The molecule has 1 aliphatic rings. The second kappa shape index (κ2) is 9.42. The first-order valence-electron chi connectivity index (χ1n) is 9.31. The Morgan fingerprint density at radius 1 is 1.26 bits per heavy atom. The topological polar surface area (TPSA) is 56.8 Å². The van der Waals surface area contributed by atoms with Crippen molar-refractivity contribution < 1.29 is 32.2 Å². The molecule has 2 aromatic carbocycles. The Morgan fingerprint density at radius 3 is 2.65 bits per heavy atom. The van der Waals surface area contributed by atoms with Crippen LogP contribution < -0.4 is 10.1 Å². The van der Waals surface area contributed by atoms with E-state index in [1.165, 1.54) is 12.1 Å². The molecule has 0 spiro atoms. The van der Waals surface area contributed by atoms with Gasteiger partial charge in [0.1, 0.15) is 22.9 Å². The fraction of sp³-hybridized carbons (Fsp3) is 0.333. The SMILES string of the molecule is CCOC(=O)C[C@@H]1O[C@@H](c2cccc(C(F)(F)F)c2OC)c2cc(Cl)ccc2NC1=S. The lowest BCUT2D eigenvalue weighted by atomic mass is 9.96. The van der Waals surface area contributed by atoms with Crippen molar-refractivity contribution in [2.24, 2.45) is 0 Å². The van der Waals surface area contributed by atoms with Gasteiger partial charge >= 0.3 is 12.1 Å². The summed E-state index contributed by atoms with van der Waals surface area (Å²) in [5, 5.41) is 3.36. The number of benzene rings is 2. The lowest BCUT2D eigenvalue weighted by molar-refractivity contribution is -0.145. The van der Waals surface area contributed by atoms with Crippen molar-refractivity contribution in [3.63, 3.8) is 0 Å². The zero-order valence-corrected chi connectivity index (χ0v) is 18.2. The van der Waals surface area contributed by atoms with Gasteiger partial charge in [-0.1, -0.05) is 36.0 Å². The molecule has 0 bridgehead atoms. The smallest absolute Gasteiger partial charge is 0.419 e. The highest BCUT2D eigenvalue weighted by Crippen LogP contribution is 2.45. The highest BCUT2D eigenvalue weighted by atomic mass is 35.5. The third kappa shape index (κ3) is 5.11. The summed E-state index contributed by atoms with van der Waals surface area (Å²) < 4.78 is 57.0. The Labute approximate surface area is 187 Å². The molecule has 2 atom stereocenters. The van der Waals surface area contributed by atoms with Gasteiger partial charge in [-0.25, -0.2) is 0 Å². The van der Waals surface area contributed by atoms with Crippen molar-refractivity contribution >= 4 is 40.5 Å². The fourth-order valence-electron chi connectivity index (χ4n) is 3.34. The van der Waals surface area contributed by atoms with Crippen LogP contribution in [0.5, 0.6) is 5.75 Å². The summed E-state index contributed by atoms with van der Waals surface area (Å²) >= 11 is 11.5. The third-order valence-electron chi connectivity index (χ3n) is 4.64. The Morgan fingerprint density at radius 2 is 2.00 bits per heavy atom. The van der Waals surface area contributed by atoms with Crippen LogP contribution in [-0.4, -0.2) is 30.8 Å². The van der Waals surface area contributed by atoms with E-state index < -0.39 is 29.9 Å². The lowest BCUT2D eigenvalue weighted by Gasteiger charge is -2.25. The molecular weight excluding hydrogens is 455 g/mol. The number of methoxy groups -OCH3 is 1. The minimum atomic E-state index is -4.64. The van der Waals surface area contributed by atoms with Crippen LogP contribution in [0, 0.1) is 0 Å². The molecule has 1 aliphatic heterocycles. The maximum absolute atomic E-state index is 13.6. The number of hydrogen-bond acceptors (Lipinski definition) is 5. The van der Waals surface area contributed by atoms with Crippen LogP contribution in [0.2, 0.25) is 5.02 Å². The molecule has 0 amide bonds. The molecule has 0 fully saturated rings. The lowest BCUT2D eigenvalue weighted by Crippen LogP contribution is -2.31. The van der Waals surface area contributed by atoms with Crippen molar-refractivity contribution in [1.82, 2.24) is 0 Å². The van der Waals surface area contributed by atoms with Gasteiger partial charge in [-0.3, -0.25) is 4.79 Å². The highest BCUT2D eigenvalue weighted by molar-refractivity contribution is 7.80. The second-order valence-electron chi connectivity index (χ2n) is 6.66. The molecular formula is C21H19ClF3NO4S. The first kappa shape index (κ1) is 23.3. The second-order valence-corrected chi connectivity index (χ2v) is 7.54. The summed E-state index contributed by atoms with van der Waals surface area (Å²) in [6.45, 7) is 1.84. The summed E-state index contributed by atoms with van der Waals surface area (Å²) in [5.41, 5.74) is 0.145. The molecule has 0 radical (unpaired) electrons. The van der Waals surface area contributed by atoms with Crippen LogP contribution in [0.25, 0.3) is 0 Å². The number of rotatable bonds is 5. The average molecular weight is 474 g/mol. The zero-order valence-electron chi connectivity index (χ0n) is 16.6. The summed E-state index contributed by atoms with van der Waals surface area (Å²) in [7, 11) is 1.16. The van der Waals surface area contributed by atoms with E-state index in [0.717, 1.165) is 13.2 Å². The van der Waals surface area contributed by atoms with Crippen molar-refractivity contribution in [2.45, 2.75) is 31.7 Å². The zero-order chi connectivity index (χ0) is 22.8. The van der Waals surface area contributed by atoms with E-state index in [2.05, 4.69) is 5.32 Å². The number of hydrogen-bond donors (Lipinski definition) is 1. The third-order valence-corrected chi connectivity index (χ3v) is 5.24. The van der Waals surface area contributed by atoms with Gasteiger partial charge in [0.15, 0.2) is 0 Å². The quantitative estimate of drug-likeness (QED) is 0.454. The van der Waals surface area contributed by atoms with Crippen LogP contribution >= 0.6 is 23.8 Å². The van der Waals surface area contributed by atoms with E-state index in [0.29, 0.717) is 16.3 Å². The Kier molecular flexibility index (Phi) is 7.08. The van der Waals surface area contributed by atoms with E-state index >= 15 is 0 Å². The Bertz CT molecular complexity index is 999. The van der Waals surface area contributed by atoms with Gasteiger partial charge in [-0.2, -0.15) is 13.2 Å². The van der Waals surface area contributed by atoms with Gasteiger partial charge in [-0.15, -0.1) is 0 Å². The number of anilines is 1. The fourth-order valence-corrected chi connectivity index (χ4v) is 3.77. The summed E-state index contributed by atoms with van der Waals surface area (Å²) in [6.07, 6.45) is -6.83. The molecule has 0 saturated heterocycles. The molecule has 5 nitrogen and oxygen atoms in total. The van der Waals surface area contributed by atoms with E-state index in [1.807, 2.05) is 0 Å². The first-order valence-corrected chi connectivity index (χ1v) is 10.1. The van der Waals surface area contributed by atoms with Gasteiger partial charge in [-0.05, 0) is 31.2 Å². The molecule has 1 N–H and O–H groups in total. The number of carbonyl (C=O) groups excluding carboxylic acids is 1. The first-order chi connectivity index (χ1) is 14.7. The summed E-state index contributed by atoms with van der Waals surface area (Å²) in [6, 6.07) is 8.50. The van der Waals surface area contributed by atoms with Gasteiger partial charge in [0.2, 0.25) is 0 Å². The standard InChI is InChI=1S/C21H19ClF3NO4S/c1-3-29-17(27)10-16-20(31)26-15-8-7-11(22)9-13(15)18(30-16)12-5-4-6-14(19(12)28-2)21(23,24)25/h4-9,16,18H,3,10H2,1-2H3,(H,26,31)/t16-,18-/m0/s1. The van der Waals surface area contributed by atoms with Crippen LogP contribution in [0.4, 0.5) is 18.9 Å². The minimum absolute atomic E-state index is 0.126. The molecule has 166 valence electrons. The normalized spacial score (nSPS) is 18.6. The van der Waals surface area contributed by atoms with Gasteiger partial charge in [0, 0.05) is 21.8 Å². The van der Waals surface area contributed by atoms with E-state index in [4.69, 9.17) is 38.0 Å². The highest BCUT2D eigenvalue weighted by Gasteiger charge is 2.38. The van der Waals surface area contributed by atoms with Crippen molar-refractivity contribution in [3.8, 4) is 5.75 Å². The molecule has 31 heavy (non-hydrogen) atoms. The molecule has 2 aromatic rings. The summed E-state index contributed by atoms with van der Waals surface area (Å²) in [5.74, 6) is -0.927. The Hall–Kier alpha value is -2.36. The molecule has 0 unspecified atom stereocenters. The summed E-state index contributed by atoms with van der Waals surface area (Å²) in [4.78, 5) is 12.3. The van der Waals surface area contributed by atoms with Crippen LogP contribution in [0.15, 0.2) is 36.4 Å². The Balaban J connectivity index is 2.15. The predicted molar refractivity (Wildman–Crippen MR) is 114 cm³/mol. The van der Waals surface area contributed by atoms with Gasteiger partial charge in [0.05, 0.1) is 25.7 Å². The molecule has 0 aromatic heterocycles. The van der Waals surface area contributed by atoms with Gasteiger partial charge in [0.25, 0.3) is 0 Å².